The third-order valence-corrected chi connectivity index (χ3v) is 3.70. The number of hydrogen-bond acceptors (Lipinski definition) is 2. The Hall–Kier alpha value is -0.0800. The first kappa shape index (κ1) is 11.0. The van der Waals surface area contributed by atoms with Crippen LogP contribution in [0.1, 0.15) is 47.5 Å². The van der Waals surface area contributed by atoms with Crippen molar-refractivity contribution >= 4 is 0 Å². The van der Waals surface area contributed by atoms with Gasteiger partial charge in [-0.05, 0) is 39.0 Å². The fourth-order valence-electron chi connectivity index (χ4n) is 1.03. The lowest BCUT2D eigenvalue weighted by Crippen LogP contribution is -2.53. The van der Waals surface area contributed by atoms with Gasteiger partial charge in [0.05, 0.1) is 0 Å². The van der Waals surface area contributed by atoms with Crippen LogP contribution >= 0.6 is 0 Å². The van der Waals surface area contributed by atoms with Crippen molar-refractivity contribution in [2.75, 3.05) is 6.54 Å². The molecule has 0 unspecified atom stereocenters. The maximum atomic E-state index is 6.12. The second-order valence-corrected chi connectivity index (χ2v) is 6.02. The molecule has 2 nitrogen and oxygen atoms in total. The minimum absolute atomic E-state index is 0.120. The van der Waals surface area contributed by atoms with Crippen LogP contribution in [0.25, 0.3) is 0 Å². The smallest absolute Gasteiger partial charge is 0.0161 e. The highest BCUT2D eigenvalue weighted by Crippen LogP contribution is 2.36. The second-order valence-electron chi connectivity index (χ2n) is 6.02. The minimum atomic E-state index is -0.120. The van der Waals surface area contributed by atoms with Gasteiger partial charge in [0.2, 0.25) is 0 Å². The molecule has 0 aromatic heterocycles. The molecule has 3 N–H and O–H groups in total. The van der Waals surface area contributed by atoms with Crippen molar-refractivity contribution in [3.63, 3.8) is 0 Å². The van der Waals surface area contributed by atoms with Crippen LogP contribution < -0.4 is 11.1 Å². The third kappa shape index (κ3) is 2.68. The van der Waals surface area contributed by atoms with E-state index in [-0.39, 0.29) is 11.0 Å². The lowest BCUT2D eigenvalue weighted by Gasteiger charge is -2.39. The molecular formula is C11H24N2. The van der Waals surface area contributed by atoms with Crippen LogP contribution in [0.3, 0.4) is 0 Å². The summed E-state index contributed by atoms with van der Waals surface area (Å²) >= 11 is 0. The quantitative estimate of drug-likeness (QED) is 0.700. The molecule has 0 bridgehead atoms. The van der Waals surface area contributed by atoms with Crippen molar-refractivity contribution in [1.29, 1.82) is 0 Å². The van der Waals surface area contributed by atoms with E-state index in [0.29, 0.717) is 5.54 Å². The summed E-state index contributed by atoms with van der Waals surface area (Å²) < 4.78 is 0. The highest BCUT2D eigenvalue weighted by molar-refractivity contribution is 5.00. The molecular weight excluding hydrogens is 160 g/mol. The van der Waals surface area contributed by atoms with Crippen LogP contribution in [0, 0.1) is 5.41 Å². The molecule has 0 aromatic carbocycles. The molecule has 0 heterocycles. The Morgan fingerprint density at radius 2 is 1.69 bits per heavy atom. The van der Waals surface area contributed by atoms with Crippen molar-refractivity contribution in [3.05, 3.63) is 0 Å². The van der Waals surface area contributed by atoms with Crippen molar-refractivity contribution < 1.29 is 0 Å². The Morgan fingerprint density at radius 3 is 2.00 bits per heavy atom. The van der Waals surface area contributed by atoms with Crippen LogP contribution in [0.4, 0.5) is 0 Å². The number of rotatable bonds is 4. The summed E-state index contributed by atoms with van der Waals surface area (Å²) in [6.45, 7) is 11.9. The van der Waals surface area contributed by atoms with Gasteiger partial charge in [0.1, 0.15) is 0 Å². The topological polar surface area (TPSA) is 38.0 Å². The van der Waals surface area contributed by atoms with E-state index in [1.54, 1.807) is 0 Å². The van der Waals surface area contributed by atoms with Crippen LogP contribution in [0.2, 0.25) is 0 Å². The summed E-state index contributed by atoms with van der Waals surface area (Å²) in [5, 5.41) is 3.60. The number of nitrogens with two attached hydrogens (primary N) is 1. The molecule has 1 aliphatic carbocycles. The van der Waals surface area contributed by atoms with Crippen molar-refractivity contribution in [3.8, 4) is 0 Å². The van der Waals surface area contributed by atoms with Gasteiger partial charge in [-0.15, -0.1) is 0 Å². The Kier molecular flexibility index (Phi) is 2.50. The molecule has 1 aliphatic rings. The van der Waals surface area contributed by atoms with Crippen molar-refractivity contribution in [2.45, 2.75) is 58.5 Å². The molecule has 0 radical (unpaired) electrons. The van der Waals surface area contributed by atoms with Gasteiger partial charge in [-0.3, -0.25) is 0 Å². The summed E-state index contributed by atoms with van der Waals surface area (Å²) in [4.78, 5) is 0. The molecule has 78 valence electrons. The molecule has 0 saturated heterocycles. The first-order valence-corrected chi connectivity index (χ1v) is 5.20. The molecule has 0 amide bonds. The molecule has 2 heteroatoms. The zero-order valence-corrected chi connectivity index (χ0v) is 9.70. The predicted molar refractivity (Wildman–Crippen MR) is 57.7 cm³/mol. The Labute approximate surface area is 82.3 Å². The Balaban J connectivity index is 2.42. The minimum Gasteiger partial charge on any atom is -0.325 e. The van der Waals surface area contributed by atoms with Crippen molar-refractivity contribution in [1.82, 2.24) is 5.32 Å². The standard InChI is InChI=1S/C11H24N2/c1-9(2,10(3,4)12)8-13-11(5)6-7-11/h13H,6-8,12H2,1-5H3. The lowest BCUT2D eigenvalue weighted by molar-refractivity contribution is 0.187. The van der Waals surface area contributed by atoms with Crippen LogP contribution in [0.15, 0.2) is 0 Å². The van der Waals surface area contributed by atoms with E-state index in [1.807, 2.05) is 0 Å². The normalized spacial score (nSPS) is 21.7. The third-order valence-electron chi connectivity index (χ3n) is 3.70. The summed E-state index contributed by atoms with van der Waals surface area (Å²) in [5.41, 5.74) is 6.57. The van der Waals surface area contributed by atoms with E-state index in [2.05, 4.69) is 39.9 Å². The van der Waals surface area contributed by atoms with Crippen LogP contribution in [0.5, 0.6) is 0 Å². The van der Waals surface area contributed by atoms with Crippen molar-refractivity contribution in [2.24, 2.45) is 11.1 Å². The molecule has 0 aromatic rings. The van der Waals surface area contributed by atoms with Gasteiger partial charge in [0, 0.05) is 17.6 Å². The van der Waals surface area contributed by atoms with E-state index >= 15 is 0 Å². The zero-order valence-electron chi connectivity index (χ0n) is 9.70. The molecule has 1 fully saturated rings. The fourth-order valence-corrected chi connectivity index (χ4v) is 1.03. The first-order valence-electron chi connectivity index (χ1n) is 5.20. The molecule has 0 aliphatic heterocycles. The van der Waals surface area contributed by atoms with Gasteiger partial charge in [-0.2, -0.15) is 0 Å². The van der Waals surface area contributed by atoms with Crippen LogP contribution in [-0.2, 0) is 0 Å². The van der Waals surface area contributed by atoms with Gasteiger partial charge in [0.25, 0.3) is 0 Å². The molecule has 1 saturated carbocycles. The lowest BCUT2D eigenvalue weighted by atomic mass is 9.75. The zero-order chi connectivity index (χ0) is 10.3. The highest BCUT2D eigenvalue weighted by Gasteiger charge is 2.40. The Morgan fingerprint density at radius 1 is 1.23 bits per heavy atom. The summed E-state index contributed by atoms with van der Waals surface area (Å²) in [7, 11) is 0. The monoisotopic (exact) mass is 184 g/mol. The predicted octanol–water partition coefficient (Wildman–Crippen LogP) is 1.89. The largest absolute Gasteiger partial charge is 0.325 e. The maximum absolute atomic E-state index is 6.12. The fraction of sp³-hybridized carbons (Fsp3) is 1.00. The van der Waals surface area contributed by atoms with Gasteiger partial charge in [0.15, 0.2) is 0 Å². The number of nitrogens with one attached hydrogen (secondary N) is 1. The summed E-state index contributed by atoms with van der Waals surface area (Å²) in [6, 6.07) is 0. The van der Waals surface area contributed by atoms with Crippen LogP contribution in [-0.4, -0.2) is 17.6 Å². The molecule has 1 rings (SSSR count). The SMILES string of the molecule is CC1(NCC(C)(C)C(C)(C)N)CC1. The summed E-state index contributed by atoms with van der Waals surface area (Å²) in [5.74, 6) is 0. The van der Waals surface area contributed by atoms with E-state index < -0.39 is 0 Å². The first-order chi connectivity index (χ1) is 5.66. The van der Waals surface area contributed by atoms with Gasteiger partial charge in [-0.25, -0.2) is 0 Å². The molecule has 0 atom stereocenters. The maximum Gasteiger partial charge on any atom is 0.0161 e. The molecule has 13 heavy (non-hydrogen) atoms. The average molecular weight is 184 g/mol. The van der Waals surface area contributed by atoms with Gasteiger partial charge in [-0.1, -0.05) is 13.8 Å². The van der Waals surface area contributed by atoms with E-state index in [9.17, 15) is 0 Å². The molecule has 0 spiro atoms. The average Bonchev–Trinajstić information content (AvgIpc) is 2.63. The van der Waals surface area contributed by atoms with Gasteiger partial charge < -0.3 is 11.1 Å². The van der Waals surface area contributed by atoms with E-state index in [0.717, 1.165) is 6.54 Å². The van der Waals surface area contributed by atoms with Gasteiger partial charge >= 0.3 is 0 Å². The van der Waals surface area contributed by atoms with E-state index in [1.165, 1.54) is 12.8 Å². The highest BCUT2D eigenvalue weighted by atomic mass is 15.0. The summed E-state index contributed by atoms with van der Waals surface area (Å²) in [6.07, 6.45) is 2.63. The Bertz CT molecular complexity index is 185. The van der Waals surface area contributed by atoms with E-state index in [4.69, 9.17) is 5.73 Å². The number of hydrogen-bond donors (Lipinski definition) is 2. The second kappa shape index (κ2) is 2.96.